The zero-order valence-electron chi connectivity index (χ0n) is 10.6. The van der Waals surface area contributed by atoms with Crippen molar-refractivity contribution in [3.63, 3.8) is 0 Å². The molecule has 1 aliphatic rings. The predicted octanol–water partition coefficient (Wildman–Crippen LogP) is 3.75. The fourth-order valence-electron chi connectivity index (χ4n) is 2.68. The third-order valence-electron chi connectivity index (χ3n) is 3.71. The third kappa shape index (κ3) is 2.15. The van der Waals surface area contributed by atoms with E-state index in [1.807, 2.05) is 31.2 Å². The molecule has 0 amide bonds. The fourth-order valence-corrected chi connectivity index (χ4v) is 2.68. The highest BCUT2D eigenvalue weighted by atomic mass is 19.1. The Morgan fingerprint density at radius 2 is 2.28 bits per heavy atom. The van der Waals surface area contributed by atoms with Crippen molar-refractivity contribution < 1.29 is 8.81 Å². The van der Waals surface area contributed by atoms with Gasteiger partial charge in [0.15, 0.2) is 6.17 Å². The zero-order chi connectivity index (χ0) is 12.5. The van der Waals surface area contributed by atoms with E-state index in [9.17, 15) is 4.39 Å². The average Bonchev–Trinajstić information content (AvgIpc) is 2.81. The first kappa shape index (κ1) is 11.7. The van der Waals surface area contributed by atoms with Crippen molar-refractivity contribution in [1.82, 2.24) is 5.32 Å². The van der Waals surface area contributed by atoms with Gasteiger partial charge >= 0.3 is 0 Å². The molecule has 2 aromatic rings. The van der Waals surface area contributed by atoms with Crippen molar-refractivity contribution in [2.24, 2.45) is 5.92 Å². The summed E-state index contributed by atoms with van der Waals surface area (Å²) in [7, 11) is 0. The van der Waals surface area contributed by atoms with Crippen molar-refractivity contribution in [2.75, 3.05) is 13.1 Å². The van der Waals surface area contributed by atoms with Gasteiger partial charge in [-0.15, -0.1) is 0 Å². The number of alkyl halides is 1. The molecule has 0 aliphatic carbocycles. The lowest BCUT2D eigenvalue weighted by atomic mass is 9.93. The third-order valence-corrected chi connectivity index (χ3v) is 3.71. The summed E-state index contributed by atoms with van der Waals surface area (Å²) in [5.74, 6) is 0.518. The van der Waals surface area contributed by atoms with Crippen LogP contribution in [0.5, 0.6) is 0 Å². The van der Waals surface area contributed by atoms with E-state index in [4.69, 9.17) is 4.42 Å². The lowest BCUT2D eigenvalue weighted by Crippen LogP contribution is -2.32. The van der Waals surface area contributed by atoms with Crippen LogP contribution in [0.4, 0.5) is 4.39 Å². The molecule has 1 N–H and O–H groups in total. The summed E-state index contributed by atoms with van der Waals surface area (Å²) in [6.07, 6.45) is 0.986. The number of aryl methyl sites for hydroxylation is 1. The molecule has 0 saturated carbocycles. The smallest absolute Gasteiger partial charge is 0.162 e. The van der Waals surface area contributed by atoms with Gasteiger partial charge < -0.3 is 9.73 Å². The summed E-state index contributed by atoms with van der Waals surface area (Å²) in [5, 5.41) is 4.24. The number of fused-ring (bicyclic) bond motifs is 1. The first-order chi connectivity index (χ1) is 8.74. The maximum Gasteiger partial charge on any atom is 0.162 e. The normalized spacial score (nSPS) is 22.2. The molecule has 1 aromatic carbocycles. The molecule has 1 fully saturated rings. The Labute approximate surface area is 106 Å². The highest BCUT2D eigenvalue weighted by Crippen LogP contribution is 2.34. The summed E-state index contributed by atoms with van der Waals surface area (Å²) < 4.78 is 20.1. The number of nitrogens with one attached hydrogen (secondary N) is 1. The van der Waals surface area contributed by atoms with Gasteiger partial charge in [-0.05, 0) is 44.5 Å². The second-order valence-electron chi connectivity index (χ2n) is 5.20. The molecule has 0 radical (unpaired) electrons. The van der Waals surface area contributed by atoms with E-state index in [1.165, 1.54) is 5.56 Å². The van der Waals surface area contributed by atoms with E-state index in [-0.39, 0.29) is 5.92 Å². The Hall–Kier alpha value is -1.35. The predicted molar refractivity (Wildman–Crippen MR) is 70.4 cm³/mol. The van der Waals surface area contributed by atoms with Crippen molar-refractivity contribution in [3.8, 4) is 0 Å². The van der Waals surface area contributed by atoms with Crippen LogP contribution in [0.2, 0.25) is 0 Å². The van der Waals surface area contributed by atoms with Gasteiger partial charge in [0.1, 0.15) is 11.3 Å². The molecule has 0 spiro atoms. The van der Waals surface area contributed by atoms with Crippen LogP contribution >= 0.6 is 0 Å². The molecule has 1 aromatic heterocycles. The summed E-state index contributed by atoms with van der Waals surface area (Å²) in [6.45, 7) is 3.78. The van der Waals surface area contributed by atoms with Gasteiger partial charge in [0.2, 0.25) is 0 Å². The van der Waals surface area contributed by atoms with Gasteiger partial charge in [-0.3, -0.25) is 0 Å². The molecular weight excluding hydrogens is 229 g/mol. The van der Waals surface area contributed by atoms with Gasteiger partial charge in [0.25, 0.3) is 0 Å². The standard InChI is InChI=1S/C15H18FNO/c1-10-4-5-13-12(7-10)8-14(18-13)15(16)11-3-2-6-17-9-11/h4-5,7-8,11,15,17H,2-3,6,9H2,1H3. The molecule has 2 atom stereocenters. The maximum absolute atomic E-state index is 14.4. The Bertz CT molecular complexity index is 542. The first-order valence-corrected chi connectivity index (χ1v) is 6.59. The summed E-state index contributed by atoms with van der Waals surface area (Å²) in [4.78, 5) is 0. The number of hydrogen-bond acceptors (Lipinski definition) is 2. The number of furan rings is 1. The molecule has 18 heavy (non-hydrogen) atoms. The van der Waals surface area contributed by atoms with E-state index in [0.29, 0.717) is 5.76 Å². The molecule has 0 bridgehead atoms. The van der Waals surface area contributed by atoms with Crippen molar-refractivity contribution in [2.45, 2.75) is 25.9 Å². The molecular formula is C15H18FNO. The Morgan fingerprint density at radius 1 is 1.39 bits per heavy atom. The largest absolute Gasteiger partial charge is 0.458 e. The van der Waals surface area contributed by atoms with Gasteiger partial charge in [-0.2, -0.15) is 0 Å². The quantitative estimate of drug-likeness (QED) is 0.874. The first-order valence-electron chi connectivity index (χ1n) is 6.59. The zero-order valence-corrected chi connectivity index (χ0v) is 10.6. The van der Waals surface area contributed by atoms with Crippen LogP contribution in [-0.4, -0.2) is 13.1 Å². The molecule has 2 nitrogen and oxygen atoms in total. The average molecular weight is 247 g/mol. The lowest BCUT2D eigenvalue weighted by molar-refractivity contribution is 0.170. The number of benzene rings is 1. The van der Waals surface area contributed by atoms with Crippen LogP contribution in [0.25, 0.3) is 11.0 Å². The van der Waals surface area contributed by atoms with Gasteiger partial charge in [-0.1, -0.05) is 11.6 Å². The van der Waals surface area contributed by atoms with Gasteiger partial charge in [0.05, 0.1) is 0 Å². The van der Waals surface area contributed by atoms with Crippen LogP contribution < -0.4 is 5.32 Å². The molecule has 1 aliphatic heterocycles. The molecule has 2 heterocycles. The highest BCUT2D eigenvalue weighted by molar-refractivity contribution is 5.78. The molecule has 96 valence electrons. The molecule has 2 unspecified atom stereocenters. The summed E-state index contributed by atoms with van der Waals surface area (Å²) in [6, 6.07) is 7.79. The number of rotatable bonds is 2. The minimum absolute atomic E-state index is 0.0420. The van der Waals surface area contributed by atoms with E-state index in [1.54, 1.807) is 0 Å². The second-order valence-corrected chi connectivity index (χ2v) is 5.20. The van der Waals surface area contributed by atoms with Crippen LogP contribution in [0, 0.1) is 12.8 Å². The number of hydrogen-bond donors (Lipinski definition) is 1. The minimum Gasteiger partial charge on any atom is -0.458 e. The van der Waals surface area contributed by atoms with E-state index in [2.05, 4.69) is 5.32 Å². The van der Waals surface area contributed by atoms with Crippen LogP contribution in [0.1, 0.15) is 30.3 Å². The molecule has 1 saturated heterocycles. The van der Waals surface area contributed by atoms with Crippen LogP contribution in [0.3, 0.4) is 0 Å². The molecule has 3 rings (SSSR count). The Morgan fingerprint density at radius 3 is 3.06 bits per heavy atom. The SMILES string of the molecule is Cc1ccc2oc(C(F)C3CCCNC3)cc2c1. The second kappa shape index (κ2) is 4.73. The lowest BCUT2D eigenvalue weighted by Gasteiger charge is -2.24. The fraction of sp³-hybridized carbons (Fsp3) is 0.467. The van der Waals surface area contributed by atoms with Gasteiger partial charge in [-0.25, -0.2) is 4.39 Å². The van der Waals surface area contributed by atoms with Crippen LogP contribution in [0.15, 0.2) is 28.7 Å². The van der Waals surface area contributed by atoms with Gasteiger partial charge in [0, 0.05) is 17.8 Å². The highest BCUT2D eigenvalue weighted by Gasteiger charge is 2.27. The summed E-state index contributed by atoms with van der Waals surface area (Å²) in [5.41, 5.74) is 1.95. The minimum atomic E-state index is -0.995. The van der Waals surface area contributed by atoms with E-state index in [0.717, 1.165) is 36.9 Å². The van der Waals surface area contributed by atoms with Crippen molar-refractivity contribution in [1.29, 1.82) is 0 Å². The van der Waals surface area contributed by atoms with E-state index >= 15 is 0 Å². The van der Waals surface area contributed by atoms with E-state index < -0.39 is 6.17 Å². The number of piperidine rings is 1. The topological polar surface area (TPSA) is 25.2 Å². The summed E-state index contributed by atoms with van der Waals surface area (Å²) >= 11 is 0. The monoisotopic (exact) mass is 247 g/mol. The Balaban J connectivity index is 1.88. The maximum atomic E-state index is 14.4. The Kier molecular flexibility index (Phi) is 3.08. The van der Waals surface area contributed by atoms with Crippen molar-refractivity contribution in [3.05, 3.63) is 35.6 Å². The van der Waals surface area contributed by atoms with Crippen LogP contribution in [-0.2, 0) is 0 Å². The molecule has 3 heteroatoms. The number of halogens is 1. The van der Waals surface area contributed by atoms with Crippen molar-refractivity contribution >= 4 is 11.0 Å².